The van der Waals surface area contributed by atoms with Gasteiger partial charge in [-0.05, 0) is 25.0 Å². The molecule has 8 heteroatoms. The van der Waals surface area contributed by atoms with E-state index in [0.717, 1.165) is 17.4 Å². The van der Waals surface area contributed by atoms with Crippen LogP contribution in [0.5, 0.6) is 5.75 Å². The molecule has 2 aromatic rings. The lowest BCUT2D eigenvalue weighted by Crippen LogP contribution is -2.59. The predicted molar refractivity (Wildman–Crippen MR) is 95.3 cm³/mol. The third kappa shape index (κ3) is 2.59. The zero-order valence-corrected chi connectivity index (χ0v) is 13.9. The second kappa shape index (κ2) is 5.91. The number of H-pyrrole nitrogens is 1. The molecule has 134 valence electrons. The van der Waals surface area contributed by atoms with Gasteiger partial charge in [-0.3, -0.25) is 14.4 Å². The summed E-state index contributed by atoms with van der Waals surface area (Å²) in [7, 11) is 0. The first kappa shape index (κ1) is 16.2. The molecule has 4 N–H and O–H groups in total. The van der Waals surface area contributed by atoms with E-state index in [1.54, 1.807) is 4.90 Å². The number of nitrogens with one attached hydrogen (secondary N) is 3. The van der Waals surface area contributed by atoms with Crippen molar-refractivity contribution in [2.24, 2.45) is 0 Å². The summed E-state index contributed by atoms with van der Waals surface area (Å²) in [6.07, 6.45) is 2.11. The Morgan fingerprint density at radius 2 is 1.81 bits per heavy atom. The van der Waals surface area contributed by atoms with Crippen LogP contribution in [0.2, 0.25) is 0 Å². The molecule has 2 aliphatic rings. The fourth-order valence-electron chi connectivity index (χ4n) is 3.50. The minimum absolute atomic E-state index is 0.0481. The number of aromatic nitrogens is 1. The lowest BCUT2D eigenvalue weighted by atomic mass is 9.84. The van der Waals surface area contributed by atoms with Crippen LogP contribution < -0.4 is 16.2 Å². The minimum Gasteiger partial charge on any atom is -0.507 e. The van der Waals surface area contributed by atoms with Gasteiger partial charge in [0.2, 0.25) is 5.91 Å². The third-order valence-corrected chi connectivity index (χ3v) is 5.02. The number of anilines is 2. The van der Waals surface area contributed by atoms with Crippen molar-refractivity contribution in [1.82, 2.24) is 9.88 Å². The van der Waals surface area contributed by atoms with Crippen LogP contribution in [0.15, 0.2) is 41.3 Å². The molecule has 8 nitrogen and oxygen atoms in total. The van der Waals surface area contributed by atoms with Crippen LogP contribution in [-0.4, -0.2) is 45.4 Å². The molecule has 0 bridgehead atoms. The van der Waals surface area contributed by atoms with Crippen molar-refractivity contribution in [3.8, 4) is 5.75 Å². The Morgan fingerprint density at radius 1 is 1.12 bits per heavy atom. The van der Waals surface area contributed by atoms with Gasteiger partial charge in [0.25, 0.3) is 11.5 Å². The molecule has 0 saturated carbocycles. The van der Waals surface area contributed by atoms with E-state index in [-0.39, 0.29) is 23.1 Å². The van der Waals surface area contributed by atoms with E-state index in [1.807, 2.05) is 24.3 Å². The maximum absolute atomic E-state index is 12.6. The maximum Gasteiger partial charge on any atom is 0.259 e. The van der Waals surface area contributed by atoms with Crippen LogP contribution in [0.1, 0.15) is 23.2 Å². The number of amides is 2. The number of benzene rings is 1. The topological polar surface area (TPSA) is 115 Å². The zero-order valence-electron chi connectivity index (χ0n) is 13.9. The van der Waals surface area contributed by atoms with Gasteiger partial charge in [0.15, 0.2) is 0 Å². The number of nitrogens with zero attached hydrogens (tertiary/aromatic N) is 1. The molecule has 2 aliphatic heterocycles. The van der Waals surface area contributed by atoms with Crippen molar-refractivity contribution in [2.45, 2.75) is 18.4 Å². The van der Waals surface area contributed by atoms with Gasteiger partial charge in [-0.2, -0.15) is 0 Å². The second-order valence-electron chi connectivity index (χ2n) is 6.60. The summed E-state index contributed by atoms with van der Waals surface area (Å²) in [5.41, 5.74) is 0.438. The summed E-state index contributed by atoms with van der Waals surface area (Å²) >= 11 is 0. The lowest BCUT2D eigenvalue weighted by molar-refractivity contribution is -0.122. The van der Waals surface area contributed by atoms with Crippen molar-refractivity contribution in [3.63, 3.8) is 0 Å². The summed E-state index contributed by atoms with van der Waals surface area (Å²) in [5.74, 6) is -0.818. The van der Waals surface area contributed by atoms with Crippen LogP contribution in [0, 0.1) is 0 Å². The predicted octanol–water partition coefficient (Wildman–Crippen LogP) is 1.12. The van der Waals surface area contributed by atoms with Crippen molar-refractivity contribution in [1.29, 1.82) is 0 Å². The number of aromatic hydroxyl groups is 1. The maximum atomic E-state index is 12.6. The van der Waals surface area contributed by atoms with E-state index >= 15 is 0 Å². The number of piperidine rings is 1. The monoisotopic (exact) mass is 354 g/mol. The molecular weight excluding hydrogens is 336 g/mol. The fourth-order valence-corrected chi connectivity index (χ4v) is 3.50. The van der Waals surface area contributed by atoms with Crippen LogP contribution >= 0.6 is 0 Å². The van der Waals surface area contributed by atoms with Crippen LogP contribution in [0.4, 0.5) is 11.4 Å². The Kier molecular flexibility index (Phi) is 3.68. The average molecular weight is 354 g/mol. The number of para-hydroxylation sites is 2. The van der Waals surface area contributed by atoms with Gasteiger partial charge < -0.3 is 25.6 Å². The Labute approximate surface area is 148 Å². The first-order valence-corrected chi connectivity index (χ1v) is 8.38. The highest BCUT2D eigenvalue weighted by Crippen LogP contribution is 2.36. The van der Waals surface area contributed by atoms with E-state index < -0.39 is 11.1 Å². The molecule has 1 spiro atoms. The number of fused-ring (bicyclic) bond motifs is 1. The molecule has 1 aromatic heterocycles. The highest BCUT2D eigenvalue weighted by molar-refractivity contribution is 6.06. The fraction of sp³-hybridized carbons (Fsp3) is 0.278. The van der Waals surface area contributed by atoms with Gasteiger partial charge in [0, 0.05) is 25.4 Å². The van der Waals surface area contributed by atoms with E-state index in [0.29, 0.717) is 25.9 Å². The van der Waals surface area contributed by atoms with Gasteiger partial charge in [0.05, 0.1) is 16.9 Å². The largest absolute Gasteiger partial charge is 0.507 e. The smallest absolute Gasteiger partial charge is 0.259 e. The number of carbonyl (C=O) groups is 2. The van der Waals surface area contributed by atoms with Crippen LogP contribution in [-0.2, 0) is 4.79 Å². The van der Waals surface area contributed by atoms with Crippen molar-refractivity contribution < 1.29 is 14.7 Å². The molecule has 0 radical (unpaired) electrons. The number of pyridine rings is 1. The number of rotatable bonds is 1. The summed E-state index contributed by atoms with van der Waals surface area (Å²) in [6.45, 7) is 0.722. The molecule has 4 rings (SSSR count). The molecule has 26 heavy (non-hydrogen) atoms. The number of aromatic amines is 1. The molecule has 0 atom stereocenters. The zero-order chi connectivity index (χ0) is 18.3. The van der Waals surface area contributed by atoms with Gasteiger partial charge in [-0.1, -0.05) is 12.1 Å². The molecule has 0 unspecified atom stereocenters. The number of hydrogen-bond donors (Lipinski definition) is 4. The number of likely N-dealkylation sites (tertiary alicyclic amines) is 1. The van der Waals surface area contributed by atoms with Crippen LogP contribution in [0.25, 0.3) is 0 Å². The van der Waals surface area contributed by atoms with Gasteiger partial charge in [-0.15, -0.1) is 0 Å². The van der Waals surface area contributed by atoms with E-state index in [1.165, 1.54) is 6.20 Å². The summed E-state index contributed by atoms with van der Waals surface area (Å²) in [5, 5.41) is 16.1. The molecule has 3 heterocycles. The Morgan fingerprint density at radius 3 is 2.50 bits per heavy atom. The highest BCUT2D eigenvalue weighted by atomic mass is 16.3. The molecule has 0 aliphatic carbocycles. The van der Waals surface area contributed by atoms with Crippen molar-refractivity contribution in [2.75, 3.05) is 23.7 Å². The second-order valence-corrected chi connectivity index (χ2v) is 6.60. The van der Waals surface area contributed by atoms with Crippen molar-refractivity contribution in [3.05, 3.63) is 52.4 Å². The molecule has 1 fully saturated rings. The van der Waals surface area contributed by atoms with Gasteiger partial charge in [-0.25, -0.2) is 0 Å². The summed E-state index contributed by atoms with van der Waals surface area (Å²) in [4.78, 5) is 40.4. The van der Waals surface area contributed by atoms with E-state index in [9.17, 15) is 19.5 Å². The number of carbonyl (C=O) groups excluding carboxylic acids is 2. The van der Waals surface area contributed by atoms with Gasteiger partial charge in [0.1, 0.15) is 11.3 Å². The number of hydrogen-bond acceptors (Lipinski definition) is 5. The first-order chi connectivity index (χ1) is 12.5. The highest BCUT2D eigenvalue weighted by Gasteiger charge is 2.45. The van der Waals surface area contributed by atoms with Gasteiger partial charge >= 0.3 is 0 Å². The lowest BCUT2D eigenvalue weighted by Gasteiger charge is -2.44. The van der Waals surface area contributed by atoms with E-state index in [4.69, 9.17) is 0 Å². The SMILES string of the molecule is O=C(c1c[nH]c(=O)cc1O)N1CCC2(CC1)Nc1ccccc1NC2=O. The normalized spacial score (nSPS) is 18.0. The van der Waals surface area contributed by atoms with E-state index in [2.05, 4.69) is 15.6 Å². The summed E-state index contributed by atoms with van der Waals surface area (Å²) < 4.78 is 0. The molecule has 1 aromatic carbocycles. The minimum atomic E-state index is -0.752. The Balaban J connectivity index is 1.51. The third-order valence-electron chi connectivity index (χ3n) is 5.02. The van der Waals surface area contributed by atoms with Crippen molar-refractivity contribution >= 4 is 23.2 Å². The molecule has 1 saturated heterocycles. The van der Waals surface area contributed by atoms with Crippen LogP contribution in [0.3, 0.4) is 0 Å². The molecule has 2 amide bonds. The quantitative estimate of drug-likeness (QED) is 0.613. The Bertz CT molecular complexity index is 944. The summed E-state index contributed by atoms with van der Waals surface area (Å²) in [6, 6.07) is 8.48. The first-order valence-electron chi connectivity index (χ1n) is 8.38. The molecular formula is C18H18N4O4. The average Bonchev–Trinajstić information content (AvgIpc) is 2.63. The standard InChI is InChI=1S/C18H18N4O4/c23-14-9-15(24)19-10-11(14)16(25)22-7-5-18(6-8-22)17(26)20-12-3-1-2-4-13(12)21-18/h1-4,9-10,21H,5-8H2,(H,20,26)(H2,19,23,24). The Hall–Kier alpha value is -3.29.